The zero-order valence-corrected chi connectivity index (χ0v) is 9.67. The highest BCUT2D eigenvalue weighted by atomic mass is 35.5. The van der Waals surface area contributed by atoms with Crippen molar-refractivity contribution < 1.29 is 14.3 Å². The van der Waals surface area contributed by atoms with Gasteiger partial charge in [-0.1, -0.05) is 17.7 Å². The molecule has 1 aromatic rings. The maximum atomic E-state index is 11.1. The van der Waals surface area contributed by atoms with Crippen LogP contribution in [0.15, 0.2) is 18.2 Å². The molecule has 1 atom stereocenters. The number of carbonyl (C=O) groups excluding carboxylic acids is 1. The average Bonchev–Trinajstić information content (AvgIpc) is 2.22. The normalized spacial score (nSPS) is 12.0. The molecule has 82 valence electrons. The molecule has 0 aliphatic heterocycles. The Morgan fingerprint density at radius 3 is 2.73 bits per heavy atom. The molecule has 0 aromatic heterocycles. The molecule has 4 heteroatoms. The van der Waals surface area contributed by atoms with Gasteiger partial charge in [0.1, 0.15) is 5.75 Å². The molecule has 0 saturated carbocycles. The monoisotopic (exact) mass is 228 g/mol. The minimum atomic E-state index is -0.658. The zero-order chi connectivity index (χ0) is 11.4. The highest BCUT2D eigenvalue weighted by Gasteiger charge is 2.16. The Hall–Kier alpha value is -1.22. The van der Waals surface area contributed by atoms with Crippen molar-refractivity contribution >= 4 is 17.6 Å². The number of hydrogen-bond acceptors (Lipinski definition) is 3. The summed E-state index contributed by atoms with van der Waals surface area (Å²) >= 11 is 5.91. The molecule has 0 spiro atoms. The van der Waals surface area contributed by atoms with E-state index in [2.05, 4.69) is 4.74 Å². The van der Waals surface area contributed by atoms with Gasteiger partial charge in [0, 0.05) is 0 Å². The third-order valence-electron chi connectivity index (χ3n) is 1.92. The molecule has 0 N–H and O–H groups in total. The van der Waals surface area contributed by atoms with Gasteiger partial charge >= 0.3 is 5.97 Å². The van der Waals surface area contributed by atoms with Crippen molar-refractivity contribution in [1.29, 1.82) is 0 Å². The highest BCUT2D eigenvalue weighted by Crippen LogP contribution is 2.26. The fourth-order valence-corrected chi connectivity index (χ4v) is 1.27. The molecule has 1 rings (SSSR count). The first-order valence-corrected chi connectivity index (χ1v) is 4.93. The quantitative estimate of drug-likeness (QED) is 0.746. The molecule has 0 bridgehead atoms. The number of ether oxygens (including phenoxy) is 2. The summed E-state index contributed by atoms with van der Waals surface area (Å²) in [6, 6.07) is 5.38. The number of esters is 1. The van der Waals surface area contributed by atoms with E-state index in [0.717, 1.165) is 5.56 Å². The van der Waals surface area contributed by atoms with E-state index in [4.69, 9.17) is 16.3 Å². The summed E-state index contributed by atoms with van der Waals surface area (Å²) < 4.78 is 9.92. The lowest BCUT2D eigenvalue weighted by atomic mass is 10.2. The second-order valence-corrected chi connectivity index (χ2v) is 3.62. The van der Waals surface area contributed by atoms with Gasteiger partial charge in [-0.2, -0.15) is 0 Å². The number of rotatable bonds is 3. The van der Waals surface area contributed by atoms with Gasteiger partial charge in [-0.3, -0.25) is 0 Å². The summed E-state index contributed by atoms with van der Waals surface area (Å²) in [5.74, 6) is 0.0714. The van der Waals surface area contributed by atoms with E-state index in [1.165, 1.54) is 7.11 Å². The summed E-state index contributed by atoms with van der Waals surface area (Å²) in [6.07, 6.45) is -0.658. The van der Waals surface area contributed by atoms with E-state index in [-0.39, 0.29) is 0 Å². The van der Waals surface area contributed by atoms with Crippen molar-refractivity contribution in [2.24, 2.45) is 0 Å². The molecule has 0 amide bonds. The maximum absolute atomic E-state index is 11.1. The summed E-state index contributed by atoms with van der Waals surface area (Å²) in [5, 5.41) is 0.483. The van der Waals surface area contributed by atoms with Gasteiger partial charge in [-0.25, -0.2) is 4.79 Å². The van der Waals surface area contributed by atoms with Gasteiger partial charge in [0.25, 0.3) is 0 Å². The Morgan fingerprint density at radius 2 is 2.13 bits per heavy atom. The van der Waals surface area contributed by atoms with E-state index < -0.39 is 12.1 Å². The van der Waals surface area contributed by atoms with E-state index >= 15 is 0 Å². The summed E-state index contributed by atoms with van der Waals surface area (Å²) in [4.78, 5) is 11.1. The minimum absolute atomic E-state index is 0.424. The van der Waals surface area contributed by atoms with Gasteiger partial charge in [-0.05, 0) is 31.5 Å². The van der Waals surface area contributed by atoms with Gasteiger partial charge in [-0.15, -0.1) is 0 Å². The molecule has 0 unspecified atom stereocenters. The van der Waals surface area contributed by atoms with Gasteiger partial charge < -0.3 is 9.47 Å². The van der Waals surface area contributed by atoms with Gasteiger partial charge in [0.2, 0.25) is 0 Å². The number of carbonyl (C=O) groups is 1. The lowest BCUT2D eigenvalue weighted by Crippen LogP contribution is -2.25. The van der Waals surface area contributed by atoms with Crippen LogP contribution < -0.4 is 4.74 Å². The van der Waals surface area contributed by atoms with Crippen LogP contribution in [0.4, 0.5) is 0 Å². The summed E-state index contributed by atoms with van der Waals surface area (Å²) in [7, 11) is 1.32. The van der Waals surface area contributed by atoms with Crippen LogP contribution in [0.1, 0.15) is 12.5 Å². The van der Waals surface area contributed by atoms with Crippen LogP contribution in [-0.2, 0) is 9.53 Å². The smallest absolute Gasteiger partial charge is 0.346 e. The Labute approximate surface area is 93.9 Å². The molecule has 0 aliphatic carbocycles. The second kappa shape index (κ2) is 5.03. The number of halogens is 1. The van der Waals surface area contributed by atoms with E-state index in [9.17, 15) is 4.79 Å². The number of aryl methyl sites for hydroxylation is 1. The molecule has 0 fully saturated rings. The van der Waals surface area contributed by atoms with Crippen LogP contribution in [0.5, 0.6) is 5.75 Å². The van der Waals surface area contributed by atoms with Crippen LogP contribution in [0.25, 0.3) is 0 Å². The van der Waals surface area contributed by atoms with Crippen molar-refractivity contribution in [2.45, 2.75) is 20.0 Å². The van der Waals surface area contributed by atoms with Crippen molar-refractivity contribution in [3.05, 3.63) is 28.8 Å². The third-order valence-corrected chi connectivity index (χ3v) is 2.24. The summed E-state index contributed by atoms with van der Waals surface area (Å²) in [5.41, 5.74) is 1.02. The second-order valence-electron chi connectivity index (χ2n) is 3.22. The van der Waals surface area contributed by atoms with Crippen LogP contribution in [0.3, 0.4) is 0 Å². The molecule has 15 heavy (non-hydrogen) atoms. The van der Waals surface area contributed by atoms with Crippen LogP contribution in [0.2, 0.25) is 5.02 Å². The van der Waals surface area contributed by atoms with E-state index in [0.29, 0.717) is 10.8 Å². The third kappa shape index (κ3) is 3.13. The van der Waals surface area contributed by atoms with Crippen LogP contribution in [0, 0.1) is 6.92 Å². The average molecular weight is 229 g/mol. The first kappa shape index (κ1) is 11.9. The lowest BCUT2D eigenvalue weighted by Gasteiger charge is -2.13. The van der Waals surface area contributed by atoms with E-state index in [1.54, 1.807) is 19.1 Å². The fraction of sp³-hybridized carbons (Fsp3) is 0.364. The van der Waals surface area contributed by atoms with Crippen molar-refractivity contribution in [3.63, 3.8) is 0 Å². The van der Waals surface area contributed by atoms with Crippen LogP contribution >= 0.6 is 11.6 Å². The van der Waals surface area contributed by atoms with Gasteiger partial charge in [0.05, 0.1) is 12.1 Å². The lowest BCUT2D eigenvalue weighted by molar-refractivity contribution is -0.147. The Bertz CT molecular complexity index is 363. The number of hydrogen-bond donors (Lipinski definition) is 0. The molecule has 0 heterocycles. The number of methoxy groups -OCH3 is 1. The van der Waals surface area contributed by atoms with Crippen molar-refractivity contribution in [2.75, 3.05) is 7.11 Å². The molecule has 0 aliphatic rings. The van der Waals surface area contributed by atoms with Gasteiger partial charge in [0.15, 0.2) is 6.10 Å². The molecular formula is C11H13ClO3. The molecule has 3 nitrogen and oxygen atoms in total. The predicted octanol–water partition coefficient (Wildman–Crippen LogP) is 2.59. The predicted molar refractivity (Wildman–Crippen MR) is 58.3 cm³/mol. The van der Waals surface area contributed by atoms with Crippen molar-refractivity contribution in [1.82, 2.24) is 0 Å². The largest absolute Gasteiger partial charge is 0.477 e. The SMILES string of the molecule is COC(=O)[C@H](C)Oc1cc(C)ccc1Cl. The Morgan fingerprint density at radius 1 is 1.47 bits per heavy atom. The standard InChI is InChI=1S/C11H13ClO3/c1-7-4-5-9(12)10(6-7)15-8(2)11(13)14-3/h4-6,8H,1-3H3/t8-/m0/s1. The Balaban J connectivity index is 2.80. The number of benzene rings is 1. The molecular weight excluding hydrogens is 216 g/mol. The first-order chi connectivity index (χ1) is 7.04. The maximum Gasteiger partial charge on any atom is 0.346 e. The summed E-state index contributed by atoms with van der Waals surface area (Å²) in [6.45, 7) is 3.54. The molecule has 1 aromatic carbocycles. The topological polar surface area (TPSA) is 35.5 Å². The fourth-order valence-electron chi connectivity index (χ4n) is 1.11. The van der Waals surface area contributed by atoms with E-state index in [1.807, 2.05) is 13.0 Å². The van der Waals surface area contributed by atoms with Crippen molar-refractivity contribution in [3.8, 4) is 5.75 Å². The Kier molecular flexibility index (Phi) is 3.97. The molecule has 0 radical (unpaired) electrons. The first-order valence-electron chi connectivity index (χ1n) is 4.55. The van der Waals surface area contributed by atoms with Crippen LogP contribution in [-0.4, -0.2) is 19.2 Å². The molecule has 0 saturated heterocycles. The highest BCUT2D eigenvalue weighted by molar-refractivity contribution is 6.32. The minimum Gasteiger partial charge on any atom is -0.477 e. The zero-order valence-electron chi connectivity index (χ0n) is 8.91.